The van der Waals surface area contributed by atoms with Crippen molar-refractivity contribution in [1.29, 1.82) is 0 Å². The SMILES string of the molecule is c1ccc(-c2ccc(-c3nc(-c4c(-n5c6cc7ccccc7cc6c6cc7ccccc7cc65)ccc5oc6ccccc6c45)nc(-c4cccc5sc6ccccc6c45)n3)cc2)cc1. The molecule has 302 valence electrons. The Bertz CT molecular complexity index is 4150. The quantitative estimate of drug-likeness (QED) is 0.173. The van der Waals surface area contributed by atoms with Gasteiger partial charge >= 0.3 is 0 Å². The predicted molar refractivity (Wildman–Crippen MR) is 271 cm³/mol. The van der Waals surface area contributed by atoms with E-state index in [0.717, 1.165) is 71.9 Å². The molecular formula is C59H34N4OS. The molecule has 4 heterocycles. The summed E-state index contributed by atoms with van der Waals surface area (Å²) in [5.41, 5.74) is 9.75. The first-order valence-corrected chi connectivity index (χ1v) is 22.7. The molecule has 0 spiro atoms. The van der Waals surface area contributed by atoms with E-state index in [1.54, 1.807) is 11.3 Å². The van der Waals surface area contributed by atoms with Crippen molar-refractivity contribution in [3.05, 3.63) is 206 Å². The molecule has 0 fully saturated rings. The number of fused-ring (bicyclic) bond motifs is 11. The van der Waals surface area contributed by atoms with Gasteiger partial charge in [-0.15, -0.1) is 11.3 Å². The van der Waals surface area contributed by atoms with E-state index in [4.69, 9.17) is 19.4 Å². The van der Waals surface area contributed by atoms with Crippen LogP contribution in [0.3, 0.4) is 0 Å². The molecule has 0 aliphatic heterocycles. The van der Waals surface area contributed by atoms with E-state index in [0.29, 0.717) is 17.5 Å². The Hall–Kier alpha value is -8.45. The van der Waals surface area contributed by atoms with Crippen molar-refractivity contribution < 1.29 is 4.42 Å². The standard InChI is InChI=1S/C59H34N4OS/c1-2-13-35(14-3-1)36-25-27-37(28-26-36)57-60-58(44-21-12-24-53-54(44)43-20-9-11-23-52(43)65-53)62-59(61-57)56-47(29-30-51-55(56)42-19-8-10-22-50(42)64-51)63-48-33-40-17-6-4-15-38(40)31-45(48)46-32-39-16-5-7-18-41(39)34-49(46)63/h1-34H. The second kappa shape index (κ2) is 14.0. The molecule has 0 aliphatic carbocycles. The van der Waals surface area contributed by atoms with E-state index < -0.39 is 0 Å². The number of furan rings is 1. The van der Waals surface area contributed by atoms with Gasteiger partial charge in [0.15, 0.2) is 17.5 Å². The number of aromatic nitrogens is 4. The molecule has 0 atom stereocenters. The average molecular weight is 847 g/mol. The van der Waals surface area contributed by atoms with Gasteiger partial charge < -0.3 is 8.98 Å². The maximum absolute atomic E-state index is 6.68. The van der Waals surface area contributed by atoms with E-state index in [9.17, 15) is 0 Å². The molecule has 0 radical (unpaired) electrons. The Morgan fingerprint density at radius 1 is 0.369 bits per heavy atom. The Morgan fingerprint density at radius 3 is 1.68 bits per heavy atom. The number of benzene rings is 10. The van der Waals surface area contributed by atoms with Crippen molar-refractivity contribution in [1.82, 2.24) is 19.5 Å². The molecule has 5 nitrogen and oxygen atoms in total. The molecule has 0 aliphatic rings. The highest BCUT2D eigenvalue weighted by atomic mass is 32.1. The Labute approximate surface area is 376 Å². The Balaban J connectivity index is 1.12. The van der Waals surface area contributed by atoms with E-state index in [1.165, 1.54) is 47.1 Å². The van der Waals surface area contributed by atoms with Gasteiger partial charge in [-0.2, -0.15) is 0 Å². The first kappa shape index (κ1) is 36.1. The van der Waals surface area contributed by atoms with Crippen molar-refractivity contribution in [2.24, 2.45) is 0 Å². The van der Waals surface area contributed by atoms with Gasteiger partial charge in [0.1, 0.15) is 11.2 Å². The van der Waals surface area contributed by atoms with Crippen LogP contribution < -0.4 is 0 Å². The summed E-state index contributed by atoms with van der Waals surface area (Å²) in [5.74, 6) is 1.77. The lowest BCUT2D eigenvalue weighted by Crippen LogP contribution is -2.04. The minimum atomic E-state index is 0.567. The van der Waals surface area contributed by atoms with Crippen molar-refractivity contribution in [2.75, 3.05) is 0 Å². The van der Waals surface area contributed by atoms with Crippen molar-refractivity contribution in [3.63, 3.8) is 0 Å². The topological polar surface area (TPSA) is 56.7 Å². The summed E-state index contributed by atoms with van der Waals surface area (Å²) in [5, 5.41) is 11.4. The summed E-state index contributed by atoms with van der Waals surface area (Å²) < 4.78 is 11.5. The van der Waals surface area contributed by atoms with Crippen LogP contribution >= 0.6 is 11.3 Å². The number of hydrogen-bond donors (Lipinski definition) is 0. The second-order valence-electron chi connectivity index (χ2n) is 16.7. The molecule has 0 unspecified atom stereocenters. The van der Waals surface area contributed by atoms with Crippen molar-refractivity contribution >= 4 is 96.8 Å². The van der Waals surface area contributed by atoms with Gasteiger partial charge in [-0.1, -0.05) is 152 Å². The zero-order valence-corrected chi connectivity index (χ0v) is 35.6. The average Bonchev–Trinajstić information content (AvgIpc) is 4.04. The largest absolute Gasteiger partial charge is 0.456 e. The highest BCUT2D eigenvalue weighted by Gasteiger charge is 2.26. The Morgan fingerprint density at radius 2 is 0.938 bits per heavy atom. The summed E-state index contributed by atoms with van der Waals surface area (Å²) in [4.78, 5) is 16.5. The van der Waals surface area contributed by atoms with Gasteiger partial charge in [0.2, 0.25) is 0 Å². The summed E-state index contributed by atoms with van der Waals surface area (Å²) in [6.45, 7) is 0. The van der Waals surface area contributed by atoms with Crippen molar-refractivity contribution in [2.45, 2.75) is 0 Å². The van der Waals surface area contributed by atoms with Crippen LogP contribution in [0.15, 0.2) is 211 Å². The first-order valence-electron chi connectivity index (χ1n) is 21.8. The van der Waals surface area contributed by atoms with Gasteiger partial charge in [-0.05, 0) is 87.3 Å². The third-order valence-electron chi connectivity index (χ3n) is 13.0. The maximum Gasteiger partial charge on any atom is 0.166 e. The number of thiophene rings is 1. The fourth-order valence-corrected chi connectivity index (χ4v) is 11.1. The monoisotopic (exact) mass is 846 g/mol. The fraction of sp³-hybridized carbons (Fsp3) is 0. The van der Waals surface area contributed by atoms with Crippen molar-refractivity contribution in [3.8, 4) is 51.0 Å². The lowest BCUT2D eigenvalue weighted by molar-refractivity contribution is 0.669. The summed E-state index contributed by atoms with van der Waals surface area (Å²) in [6.07, 6.45) is 0. The van der Waals surface area contributed by atoms with Crippen LogP contribution in [0.5, 0.6) is 0 Å². The smallest absolute Gasteiger partial charge is 0.166 e. The van der Waals surface area contributed by atoms with Crippen LogP contribution in [0.2, 0.25) is 0 Å². The Kier molecular flexibility index (Phi) is 7.79. The normalized spacial score (nSPS) is 12.0. The highest BCUT2D eigenvalue weighted by molar-refractivity contribution is 7.25. The van der Waals surface area contributed by atoms with E-state index in [-0.39, 0.29) is 0 Å². The molecule has 6 heteroatoms. The zero-order chi connectivity index (χ0) is 42.6. The van der Waals surface area contributed by atoms with E-state index >= 15 is 0 Å². The molecule has 0 bridgehead atoms. The molecule has 10 aromatic carbocycles. The van der Waals surface area contributed by atoms with Gasteiger partial charge in [0.25, 0.3) is 0 Å². The zero-order valence-electron chi connectivity index (χ0n) is 34.7. The van der Waals surface area contributed by atoms with Gasteiger partial charge in [0.05, 0.1) is 22.3 Å². The summed E-state index contributed by atoms with van der Waals surface area (Å²) in [6, 6.07) is 73.3. The molecule has 0 saturated heterocycles. The second-order valence-corrected chi connectivity index (χ2v) is 17.8. The number of para-hydroxylation sites is 1. The molecule has 14 rings (SSSR count). The maximum atomic E-state index is 6.68. The molecule has 0 N–H and O–H groups in total. The van der Waals surface area contributed by atoms with Gasteiger partial charge in [-0.25, -0.2) is 15.0 Å². The molecule has 14 aromatic rings. The lowest BCUT2D eigenvalue weighted by Gasteiger charge is -2.16. The number of hydrogen-bond acceptors (Lipinski definition) is 5. The molecule has 65 heavy (non-hydrogen) atoms. The summed E-state index contributed by atoms with van der Waals surface area (Å²) >= 11 is 1.79. The minimum absolute atomic E-state index is 0.567. The highest BCUT2D eigenvalue weighted by Crippen LogP contribution is 2.45. The van der Waals surface area contributed by atoms with Crippen LogP contribution in [0, 0.1) is 0 Å². The minimum Gasteiger partial charge on any atom is -0.456 e. The van der Waals surface area contributed by atoms with Crippen LogP contribution in [0.4, 0.5) is 0 Å². The third-order valence-corrected chi connectivity index (χ3v) is 14.2. The van der Waals surface area contributed by atoms with Gasteiger partial charge in [-0.3, -0.25) is 0 Å². The van der Waals surface area contributed by atoms with E-state index in [2.05, 4.69) is 193 Å². The van der Waals surface area contributed by atoms with E-state index in [1.807, 2.05) is 18.2 Å². The van der Waals surface area contributed by atoms with Gasteiger partial charge in [0, 0.05) is 52.8 Å². The predicted octanol–water partition coefficient (Wildman–Crippen LogP) is 16.2. The first-order chi connectivity index (χ1) is 32.2. The fourth-order valence-electron chi connectivity index (χ4n) is 10.0. The molecular weight excluding hydrogens is 813 g/mol. The van der Waals surface area contributed by atoms with Crippen LogP contribution in [0.1, 0.15) is 0 Å². The van der Waals surface area contributed by atoms with Crippen LogP contribution in [0.25, 0.3) is 136 Å². The summed E-state index contributed by atoms with van der Waals surface area (Å²) in [7, 11) is 0. The van der Waals surface area contributed by atoms with Crippen LogP contribution in [-0.4, -0.2) is 19.5 Å². The number of nitrogens with zero attached hydrogens (tertiary/aromatic N) is 4. The molecule has 0 amide bonds. The third kappa shape index (κ3) is 5.61. The molecule has 4 aromatic heterocycles. The molecule has 0 saturated carbocycles. The lowest BCUT2D eigenvalue weighted by atomic mass is 10.0. The van der Waals surface area contributed by atoms with Crippen LogP contribution in [-0.2, 0) is 0 Å². The number of rotatable bonds is 5.